The average Bonchev–Trinajstić information content (AvgIpc) is 2.65. The van der Waals surface area contributed by atoms with Crippen molar-refractivity contribution in [1.82, 2.24) is 10.4 Å². The number of hydroxylamine groups is 1. The second-order valence-corrected chi connectivity index (χ2v) is 3.28. The average molecular weight is 211 g/mol. The van der Waals surface area contributed by atoms with Crippen molar-refractivity contribution < 1.29 is 14.4 Å². The van der Waals surface area contributed by atoms with Crippen LogP contribution in [0.15, 0.2) is 0 Å². The van der Waals surface area contributed by atoms with Gasteiger partial charge in [-0.1, -0.05) is 0 Å². The van der Waals surface area contributed by atoms with E-state index in [0.717, 1.165) is 6.42 Å². The first kappa shape index (κ1) is 11.5. The third-order valence-electron chi connectivity index (χ3n) is 2.25. The molecule has 2 amide bonds. The molecule has 0 aromatic heterocycles. The third-order valence-corrected chi connectivity index (χ3v) is 2.25. The van der Waals surface area contributed by atoms with E-state index in [1.807, 2.05) is 6.07 Å². The predicted molar refractivity (Wildman–Crippen MR) is 50.1 cm³/mol. The fraction of sp³-hybridized carbons (Fsp3) is 0.667. The maximum absolute atomic E-state index is 11.6. The van der Waals surface area contributed by atoms with Crippen LogP contribution >= 0.6 is 0 Å². The van der Waals surface area contributed by atoms with Crippen LogP contribution in [0.2, 0.25) is 0 Å². The van der Waals surface area contributed by atoms with Gasteiger partial charge in [-0.05, 0) is 12.8 Å². The Morgan fingerprint density at radius 3 is 3.00 bits per heavy atom. The molecule has 1 saturated heterocycles. The largest absolute Gasteiger partial charge is 0.326 e. The van der Waals surface area contributed by atoms with E-state index < -0.39 is 5.91 Å². The number of amides is 2. The summed E-state index contributed by atoms with van der Waals surface area (Å²) in [5, 5.41) is 8.75. The molecule has 6 heteroatoms. The molecule has 1 heterocycles. The van der Waals surface area contributed by atoms with Crippen LogP contribution in [0.1, 0.15) is 19.3 Å². The van der Waals surface area contributed by atoms with E-state index in [0.29, 0.717) is 13.0 Å². The van der Waals surface area contributed by atoms with Crippen LogP contribution in [0, 0.1) is 11.3 Å². The van der Waals surface area contributed by atoms with Crippen LogP contribution in [0.5, 0.6) is 0 Å². The summed E-state index contributed by atoms with van der Waals surface area (Å²) in [6.07, 6.45) is 1.23. The highest BCUT2D eigenvalue weighted by molar-refractivity contribution is 5.96. The molecule has 1 unspecified atom stereocenters. The van der Waals surface area contributed by atoms with E-state index in [9.17, 15) is 9.59 Å². The van der Waals surface area contributed by atoms with Gasteiger partial charge in [0.05, 0.1) is 13.2 Å². The minimum absolute atomic E-state index is 0.272. The van der Waals surface area contributed by atoms with Gasteiger partial charge in [-0.15, -0.1) is 0 Å². The first-order valence-corrected chi connectivity index (χ1v) is 4.70. The molecule has 82 valence electrons. The Hall–Kier alpha value is -1.61. The maximum atomic E-state index is 11.6. The monoisotopic (exact) mass is 211 g/mol. The molecule has 0 spiro atoms. The van der Waals surface area contributed by atoms with Crippen LogP contribution in [-0.4, -0.2) is 36.4 Å². The smallest absolute Gasteiger partial charge is 0.252 e. The summed E-state index contributed by atoms with van der Waals surface area (Å²) in [6.45, 7) is 0.553. The van der Waals surface area contributed by atoms with Crippen LogP contribution in [0.25, 0.3) is 0 Å². The van der Waals surface area contributed by atoms with Crippen molar-refractivity contribution in [2.24, 2.45) is 0 Å². The van der Waals surface area contributed by atoms with E-state index in [1.165, 1.54) is 12.0 Å². The van der Waals surface area contributed by atoms with Gasteiger partial charge in [0, 0.05) is 6.54 Å². The minimum atomic E-state index is -0.494. The molecule has 0 aromatic carbocycles. The van der Waals surface area contributed by atoms with Crippen LogP contribution in [0.4, 0.5) is 0 Å². The van der Waals surface area contributed by atoms with Crippen LogP contribution < -0.4 is 5.48 Å². The lowest BCUT2D eigenvalue weighted by molar-refractivity contribution is -0.140. The normalized spacial score (nSPS) is 19.7. The van der Waals surface area contributed by atoms with Gasteiger partial charge in [-0.25, -0.2) is 5.48 Å². The second kappa shape index (κ2) is 5.32. The van der Waals surface area contributed by atoms with Crippen LogP contribution in [-0.2, 0) is 14.4 Å². The Morgan fingerprint density at radius 2 is 2.40 bits per heavy atom. The lowest BCUT2D eigenvalue weighted by atomic mass is 10.2. The molecule has 6 nitrogen and oxygen atoms in total. The van der Waals surface area contributed by atoms with Crippen molar-refractivity contribution in [3.05, 3.63) is 0 Å². The van der Waals surface area contributed by atoms with Gasteiger partial charge in [0.2, 0.25) is 5.91 Å². The fourth-order valence-corrected chi connectivity index (χ4v) is 1.59. The van der Waals surface area contributed by atoms with E-state index in [1.54, 1.807) is 0 Å². The van der Waals surface area contributed by atoms with Gasteiger partial charge in [0.25, 0.3) is 5.91 Å². The number of nitrogens with zero attached hydrogens (tertiary/aromatic N) is 2. The van der Waals surface area contributed by atoms with E-state index in [-0.39, 0.29) is 18.4 Å². The molecule has 0 bridgehead atoms. The highest BCUT2D eigenvalue weighted by Gasteiger charge is 2.29. The number of carbonyl (C=O) groups excluding carboxylic acids is 2. The number of rotatable bonds is 3. The number of carbonyl (C=O) groups is 2. The zero-order valence-corrected chi connectivity index (χ0v) is 8.52. The highest BCUT2D eigenvalue weighted by atomic mass is 16.6. The van der Waals surface area contributed by atoms with Crippen molar-refractivity contribution in [1.29, 1.82) is 5.26 Å². The van der Waals surface area contributed by atoms with Gasteiger partial charge in [0.1, 0.15) is 12.5 Å². The lowest BCUT2D eigenvalue weighted by Crippen LogP contribution is -2.38. The summed E-state index contributed by atoms with van der Waals surface area (Å²) in [5.41, 5.74) is 2.06. The lowest BCUT2D eigenvalue weighted by Gasteiger charge is -2.18. The van der Waals surface area contributed by atoms with Gasteiger partial charge >= 0.3 is 0 Å². The topological polar surface area (TPSA) is 82.4 Å². The molecule has 15 heavy (non-hydrogen) atoms. The molecule has 1 rings (SSSR count). The number of nitriles is 1. The van der Waals surface area contributed by atoms with Gasteiger partial charge in [0.15, 0.2) is 0 Å². The maximum Gasteiger partial charge on any atom is 0.252 e. The van der Waals surface area contributed by atoms with Crippen molar-refractivity contribution in [3.63, 3.8) is 0 Å². The summed E-state index contributed by atoms with van der Waals surface area (Å²) in [7, 11) is 1.30. The zero-order valence-electron chi connectivity index (χ0n) is 8.52. The Bertz CT molecular complexity index is 297. The summed E-state index contributed by atoms with van der Waals surface area (Å²) >= 11 is 0. The highest BCUT2D eigenvalue weighted by Crippen LogP contribution is 2.17. The van der Waals surface area contributed by atoms with E-state index in [4.69, 9.17) is 5.26 Å². The molecular formula is C9H13N3O3. The number of hydrogen-bond acceptors (Lipinski definition) is 4. The van der Waals surface area contributed by atoms with Crippen molar-refractivity contribution in [2.75, 3.05) is 13.7 Å². The fourth-order valence-electron chi connectivity index (χ4n) is 1.59. The standard InChI is InChI=1S/C9H13N3O3/c1-15-11-8(13)5-9(14)12-4-2-3-7(12)6-10/h7H,2-5H2,1H3,(H,11,13). The molecule has 1 aliphatic heterocycles. The third kappa shape index (κ3) is 2.92. The number of hydrogen-bond donors (Lipinski definition) is 1. The molecule has 1 aliphatic rings. The molecule has 0 saturated carbocycles. The summed E-state index contributed by atoms with van der Waals surface area (Å²) in [5.74, 6) is -0.820. The van der Waals surface area contributed by atoms with Crippen molar-refractivity contribution in [3.8, 4) is 6.07 Å². The molecule has 1 N–H and O–H groups in total. The minimum Gasteiger partial charge on any atom is -0.326 e. The van der Waals surface area contributed by atoms with Gasteiger partial charge in [-0.2, -0.15) is 5.26 Å². The van der Waals surface area contributed by atoms with Crippen molar-refractivity contribution >= 4 is 11.8 Å². The molecule has 1 fully saturated rings. The molecule has 1 atom stereocenters. The van der Waals surface area contributed by atoms with E-state index >= 15 is 0 Å². The summed E-state index contributed by atoms with van der Waals surface area (Å²) in [6, 6.07) is 1.66. The van der Waals surface area contributed by atoms with Gasteiger partial charge < -0.3 is 4.90 Å². The SMILES string of the molecule is CONC(=O)CC(=O)N1CCCC1C#N. The Labute approximate surface area is 87.7 Å². The molecule has 0 aliphatic carbocycles. The van der Waals surface area contributed by atoms with Crippen molar-refractivity contribution in [2.45, 2.75) is 25.3 Å². The second-order valence-electron chi connectivity index (χ2n) is 3.28. The van der Waals surface area contributed by atoms with E-state index in [2.05, 4.69) is 10.3 Å². The summed E-state index contributed by atoms with van der Waals surface area (Å²) in [4.78, 5) is 28.4. The number of nitrogens with one attached hydrogen (secondary N) is 1. The Kier molecular flexibility index (Phi) is 4.06. The zero-order chi connectivity index (χ0) is 11.3. The molecular weight excluding hydrogens is 198 g/mol. The Balaban J connectivity index is 2.47. The molecule has 0 aromatic rings. The first-order chi connectivity index (χ1) is 7.19. The van der Waals surface area contributed by atoms with Crippen LogP contribution in [0.3, 0.4) is 0 Å². The number of likely N-dealkylation sites (tertiary alicyclic amines) is 1. The predicted octanol–water partition coefficient (Wildman–Crippen LogP) is -0.431. The summed E-state index contributed by atoms with van der Waals surface area (Å²) < 4.78 is 0. The van der Waals surface area contributed by atoms with Gasteiger partial charge in [-0.3, -0.25) is 14.4 Å². The molecule has 0 radical (unpaired) electrons. The Morgan fingerprint density at radius 1 is 1.67 bits per heavy atom. The quantitative estimate of drug-likeness (QED) is 0.507. The first-order valence-electron chi connectivity index (χ1n) is 4.70.